The van der Waals surface area contributed by atoms with Crippen LogP contribution in [-0.2, 0) is 6.54 Å². The van der Waals surface area contributed by atoms with Crippen molar-refractivity contribution in [3.8, 4) is 0 Å². The smallest absolute Gasteiger partial charge is 0.186 e. The van der Waals surface area contributed by atoms with Gasteiger partial charge in [-0.2, -0.15) is 5.10 Å². The summed E-state index contributed by atoms with van der Waals surface area (Å²) in [5, 5.41) is 4.18. The van der Waals surface area contributed by atoms with Crippen LogP contribution in [0.3, 0.4) is 0 Å². The Morgan fingerprint density at radius 2 is 2.05 bits per heavy atom. The summed E-state index contributed by atoms with van der Waals surface area (Å²) in [7, 11) is 0. The normalized spacial score (nSPS) is 14.0. The van der Waals surface area contributed by atoms with E-state index in [1.54, 1.807) is 10.9 Å². The van der Waals surface area contributed by atoms with Crippen molar-refractivity contribution in [3.63, 3.8) is 0 Å². The molecular weight excluding hydrogens is 318 g/mol. The fraction of sp³-hybridized carbons (Fsp3) is 0.333. The highest BCUT2D eigenvalue weighted by molar-refractivity contribution is 9.10. The molecule has 2 rings (SSSR count). The Morgan fingerprint density at radius 1 is 1.40 bits per heavy atom. The van der Waals surface area contributed by atoms with E-state index in [4.69, 9.17) is 5.73 Å². The van der Waals surface area contributed by atoms with Crippen LogP contribution in [0.25, 0.3) is 0 Å². The van der Waals surface area contributed by atoms with Gasteiger partial charge < -0.3 is 5.73 Å². The van der Waals surface area contributed by atoms with Crippen molar-refractivity contribution in [2.75, 3.05) is 0 Å². The van der Waals surface area contributed by atoms with Gasteiger partial charge in [-0.1, -0.05) is 37.3 Å². The summed E-state index contributed by atoms with van der Waals surface area (Å²) in [5.41, 5.74) is 7.78. The van der Waals surface area contributed by atoms with Crippen LogP contribution in [0.15, 0.2) is 41.0 Å². The third-order valence-electron chi connectivity index (χ3n) is 3.46. The zero-order valence-corrected chi connectivity index (χ0v) is 13.2. The lowest BCUT2D eigenvalue weighted by molar-refractivity contribution is 0.0901. The molecule has 1 aromatic heterocycles. The van der Waals surface area contributed by atoms with Crippen molar-refractivity contribution in [1.82, 2.24) is 9.78 Å². The van der Waals surface area contributed by atoms with Gasteiger partial charge in [-0.25, -0.2) is 0 Å². The van der Waals surface area contributed by atoms with Crippen molar-refractivity contribution in [2.24, 2.45) is 11.7 Å². The van der Waals surface area contributed by atoms with Crippen molar-refractivity contribution in [2.45, 2.75) is 26.4 Å². The van der Waals surface area contributed by atoms with Crippen LogP contribution in [0.1, 0.15) is 35.9 Å². The maximum atomic E-state index is 12.7. The predicted octanol–water partition coefficient (Wildman–Crippen LogP) is 3.18. The summed E-state index contributed by atoms with van der Waals surface area (Å²) >= 11 is 3.39. The molecule has 0 radical (unpaired) electrons. The molecule has 1 heterocycles. The number of carbonyl (C=O) groups excluding carboxylic acids is 1. The number of hydrogen-bond acceptors (Lipinski definition) is 3. The molecular formula is C15H18BrN3O. The Balaban J connectivity index is 2.27. The minimum Gasteiger partial charge on any atom is -0.323 e. The van der Waals surface area contributed by atoms with Gasteiger partial charge in [0.25, 0.3) is 0 Å². The number of nitrogens with zero attached hydrogens (tertiary/aromatic N) is 2. The van der Waals surface area contributed by atoms with Gasteiger partial charge in [-0.15, -0.1) is 0 Å². The number of benzene rings is 1. The molecule has 0 saturated carbocycles. The van der Waals surface area contributed by atoms with Crippen molar-refractivity contribution < 1.29 is 4.79 Å². The Bertz CT molecular complexity index is 594. The summed E-state index contributed by atoms with van der Waals surface area (Å²) in [6.07, 6.45) is 1.65. The van der Waals surface area contributed by atoms with Crippen molar-refractivity contribution in [1.29, 1.82) is 0 Å². The van der Waals surface area contributed by atoms with E-state index >= 15 is 0 Å². The molecule has 1 aromatic carbocycles. The summed E-state index contributed by atoms with van der Waals surface area (Å²) < 4.78 is 2.41. The molecule has 4 nitrogen and oxygen atoms in total. The van der Waals surface area contributed by atoms with Gasteiger partial charge in [0.05, 0.1) is 10.7 Å². The first-order chi connectivity index (χ1) is 9.56. The summed E-state index contributed by atoms with van der Waals surface area (Å²) in [4.78, 5) is 12.7. The van der Waals surface area contributed by atoms with Crippen LogP contribution in [0.2, 0.25) is 0 Å². The number of halogens is 1. The standard InChI is InChI=1S/C15H18BrN3O/c1-3-19-14(12(16)9-18-19)15(20)10(2)13(17)11-7-5-4-6-8-11/h4-10,13H,3,17H2,1-2H3. The molecule has 0 aliphatic heterocycles. The average molecular weight is 336 g/mol. The first kappa shape index (κ1) is 14.9. The van der Waals surface area contributed by atoms with Crippen LogP contribution in [0.5, 0.6) is 0 Å². The molecule has 0 aliphatic rings. The fourth-order valence-corrected chi connectivity index (χ4v) is 2.68. The van der Waals surface area contributed by atoms with E-state index < -0.39 is 0 Å². The molecule has 0 aliphatic carbocycles. The quantitative estimate of drug-likeness (QED) is 0.853. The van der Waals surface area contributed by atoms with Crippen LogP contribution < -0.4 is 5.73 Å². The molecule has 5 heteroatoms. The number of ketones is 1. The van der Waals surface area contributed by atoms with Gasteiger partial charge in [-0.05, 0) is 28.4 Å². The maximum absolute atomic E-state index is 12.7. The van der Waals surface area contributed by atoms with E-state index in [1.807, 2.05) is 44.2 Å². The minimum atomic E-state index is -0.323. The van der Waals surface area contributed by atoms with Gasteiger partial charge in [0.2, 0.25) is 0 Å². The van der Waals surface area contributed by atoms with Gasteiger partial charge in [0.1, 0.15) is 5.69 Å². The molecule has 2 aromatic rings. The van der Waals surface area contributed by atoms with Gasteiger partial charge in [0.15, 0.2) is 5.78 Å². The summed E-state index contributed by atoms with van der Waals surface area (Å²) in [6.45, 7) is 4.47. The van der Waals surface area contributed by atoms with E-state index in [9.17, 15) is 4.79 Å². The van der Waals surface area contributed by atoms with Crippen LogP contribution >= 0.6 is 15.9 Å². The van der Waals surface area contributed by atoms with Crippen molar-refractivity contribution in [3.05, 3.63) is 52.3 Å². The van der Waals surface area contributed by atoms with E-state index in [-0.39, 0.29) is 17.7 Å². The van der Waals surface area contributed by atoms with Crippen LogP contribution in [-0.4, -0.2) is 15.6 Å². The molecule has 0 saturated heterocycles. The third-order valence-corrected chi connectivity index (χ3v) is 4.04. The fourth-order valence-electron chi connectivity index (χ4n) is 2.19. The number of hydrogen-bond donors (Lipinski definition) is 1. The molecule has 20 heavy (non-hydrogen) atoms. The molecule has 2 unspecified atom stereocenters. The number of Topliss-reactive ketones (excluding diaryl/α,β-unsaturated/α-hetero) is 1. The molecule has 0 amide bonds. The summed E-state index contributed by atoms with van der Waals surface area (Å²) in [5.74, 6) is -0.303. The van der Waals surface area contributed by atoms with Gasteiger partial charge in [0, 0.05) is 18.5 Å². The first-order valence-corrected chi connectivity index (χ1v) is 7.41. The van der Waals surface area contributed by atoms with E-state index in [1.165, 1.54) is 0 Å². The zero-order valence-electron chi connectivity index (χ0n) is 11.6. The zero-order chi connectivity index (χ0) is 14.7. The van der Waals surface area contributed by atoms with E-state index in [0.29, 0.717) is 12.2 Å². The highest BCUT2D eigenvalue weighted by atomic mass is 79.9. The lowest BCUT2D eigenvalue weighted by atomic mass is 9.90. The Hall–Kier alpha value is -1.46. The number of carbonyl (C=O) groups is 1. The summed E-state index contributed by atoms with van der Waals surface area (Å²) in [6, 6.07) is 9.36. The van der Waals surface area contributed by atoms with Gasteiger partial charge in [-0.3, -0.25) is 9.48 Å². The second-order valence-electron chi connectivity index (χ2n) is 4.75. The average Bonchev–Trinajstić information content (AvgIpc) is 2.86. The largest absolute Gasteiger partial charge is 0.323 e. The molecule has 0 bridgehead atoms. The number of nitrogens with two attached hydrogens (primary N) is 1. The first-order valence-electron chi connectivity index (χ1n) is 6.62. The SMILES string of the molecule is CCn1ncc(Br)c1C(=O)C(C)C(N)c1ccccc1. The lowest BCUT2D eigenvalue weighted by Gasteiger charge is -2.19. The Labute approximate surface area is 127 Å². The highest BCUT2D eigenvalue weighted by Crippen LogP contribution is 2.26. The van der Waals surface area contributed by atoms with Crippen molar-refractivity contribution >= 4 is 21.7 Å². The molecule has 0 spiro atoms. The van der Waals surface area contributed by atoms with E-state index in [2.05, 4.69) is 21.0 Å². The molecule has 2 atom stereocenters. The molecule has 2 N–H and O–H groups in total. The Kier molecular flexibility index (Phi) is 4.73. The number of rotatable bonds is 5. The predicted molar refractivity (Wildman–Crippen MR) is 82.5 cm³/mol. The van der Waals surface area contributed by atoms with Crippen LogP contribution in [0, 0.1) is 5.92 Å². The highest BCUT2D eigenvalue weighted by Gasteiger charge is 2.27. The molecule has 106 valence electrons. The lowest BCUT2D eigenvalue weighted by Crippen LogP contribution is -2.28. The van der Waals surface area contributed by atoms with Crippen LogP contribution in [0.4, 0.5) is 0 Å². The number of aromatic nitrogens is 2. The maximum Gasteiger partial charge on any atom is 0.186 e. The third kappa shape index (κ3) is 2.83. The second-order valence-corrected chi connectivity index (χ2v) is 5.60. The Morgan fingerprint density at radius 3 is 2.65 bits per heavy atom. The minimum absolute atomic E-state index is 0.00702. The van der Waals surface area contributed by atoms with Gasteiger partial charge >= 0.3 is 0 Å². The monoisotopic (exact) mass is 335 g/mol. The molecule has 0 fully saturated rings. The topological polar surface area (TPSA) is 60.9 Å². The number of aryl methyl sites for hydroxylation is 1. The second kappa shape index (κ2) is 6.33. The van der Waals surface area contributed by atoms with E-state index in [0.717, 1.165) is 10.0 Å².